The van der Waals surface area contributed by atoms with Crippen LogP contribution in [0.3, 0.4) is 0 Å². The molecule has 1 heterocycles. The molecule has 6 nitrogen and oxygen atoms in total. The number of amides is 1. The summed E-state index contributed by atoms with van der Waals surface area (Å²) in [6.07, 6.45) is 0. The maximum Gasteiger partial charge on any atom is 0.300 e. The second kappa shape index (κ2) is 8.82. The van der Waals surface area contributed by atoms with Gasteiger partial charge in [-0.15, -0.1) is 0 Å². The van der Waals surface area contributed by atoms with Crippen molar-refractivity contribution in [3.63, 3.8) is 0 Å². The zero-order valence-electron chi connectivity index (χ0n) is 19.1. The highest BCUT2D eigenvalue weighted by Gasteiger charge is 2.46. The van der Waals surface area contributed by atoms with E-state index < -0.39 is 17.7 Å². The number of ketones is 1. The minimum atomic E-state index is -0.751. The summed E-state index contributed by atoms with van der Waals surface area (Å²) in [5.41, 5.74) is 3.62. The molecule has 1 atom stereocenters. The van der Waals surface area contributed by atoms with E-state index >= 15 is 0 Å². The van der Waals surface area contributed by atoms with Crippen molar-refractivity contribution in [2.24, 2.45) is 0 Å². The molecule has 0 spiro atoms. The van der Waals surface area contributed by atoms with Gasteiger partial charge in [0.05, 0.1) is 18.7 Å². The van der Waals surface area contributed by atoms with Crippen LogP contribution in [0.4, 0.5) is 11.4 Å². The van der Waals surface area contributed by atoms with Crippen LogP contribution >= 0.6 is 0 Å². The minimum absolute atomic E-state index is 0.0625. The Morgan fingerprint density at radius 3 is 2.21 bits per heavy atom. The highest BCUT2D eigenvalue weighted by Crippen LogP contribution is 2.42. The first-order valence-electron chi connectivity index (χ1n) is 10.6. The van der Waals surface area contributed by atoms with Gasteiger partial charge in [-0.2, -0.15) is 0 Å². The monoisotopic (exact) mass is 442 g/mol. The summed E-state index contributed by atoms with van der Waals surface area (Å²) in [6.45, 7) is 1.86. The molecule has 3 aromatic rings. The van der Waals surface area contributed by atoms with E-state index in [1.807, 2.05) is 80.5 Å². The van der Waals surface area contributed by atoms with E-state index in [2.05, 4.69) is 0 Å². The van der Waals surface area contributed by atoms with E-state index in [0.29, 0.717) is 17.0 Å². The fraction of sp³-hybridized carbons (Fsp3) is 0.185. The summed E-state index contributed by atoms with van der Waals surface area (Å²) in [5, 5.41) is 11.2. The predicted octanol–water partition coefficient (Wildman–Crippen LogP) is 4.70. The summed E-state index contributed by atoms with van der Waals surface area (Å²) >= 11 is 0. The Labute approximate surface area is 193 Å². The smallest absolute Gasteiger partial charge is 0.300 e. The lowest BCUT2D eigenvalue weighted by molar-refractivity contribution is -0.132. The summed E-state index contributed by atoms with van der Waals surface area (Å²) in [6, 6.07) is 21.1. The SMILES string of the molecule is COc1ccc(/C(O)=C2/C(=O)C(=O)N(c3ccc(N(C)C)cc3)C2c2ccccc2)cc1C. The number of aliphatic hydroxyl groups excluding tert-OH is 1. The summed E-state index contributed by atoms with van der Waals surface area (Å²) in [5.74, 6) is -0.923. The van der Waals surface area contributed by atoms with Crippen molar-refractivity contribution < 1.29 is 19.4 Å². The average molecular weight is 443 g/mol. The molecule has 0 aromatic heterocycles. The standard InChI is InChI=1S/C27H26N2O4/c1-17-16-19(10-15-22(17)33-4)25(30)23-24(18-8-6-5-7-9-18)29(27(32)26(23)31)21-13-11-20(12-14-21)28(2)3/h5-16,24,30H,1-4H3/b25-23-. The molecule has 1 fully saturated rings. The number of rotatable bonds is 5. The fourth-order valence-electron chi connectivity index (χ4n) is 4.14. The first kappa shape index (κ1) is 22.1. The van der Waals surface area contributed by atoms with Crippen molar-refractivity contribution in [1.29, 1.82) is 0 Å². The number of carbonyl (C=O) groups excluding carboxylic acids is 2. The zero-order valence-corrected chi connectivity index (χ0v) is 19.1. The Morgan fingerprint density at radius 1 is 0.970 bits per heavy atom. The van der Waals surface area contributed by atoms with Crippen molar-refractivity contribution in [3.05, 3.63) is 95.1 Å². The van der Waals surface area contributed by atoms with Gasteiger partial charge in [-0.25, -0.2) is 0 Å². The third-order valence-corrected chi connectivity index (χ3v) is 5.87. The lowest BCUT2D eigenvalue weighted by Gasteiger charge is -2.26. The van der Waals surface area contributed by atoms with E-state index in [4.69, 9.17) is 4.74 Å². The molecular formula is C27H26N2O4. The quantitative estimate of drug-likeness (QED) is 0.353. The zero-order chi connectivity index (χ0) is 23.7. The normalized spacial score (nSPS) is 17.3. The highest BCUT2D eigenvalue weighted by atomic mass is 16.5. The van der Waals surface area contributed by atoms with E-state index in [9.17, 15) is 14.7 Å². The van der Waals surface area contributed by atoms with Crippen LogP contribution in [0.15, 0.2) is 78.4 Å². The van der Waals surface area contributed by atoms with Gasteiger partial charge in [-0.1, -0.05) is 30.3 Å². The summed E-state index contributed by atoms with van der Waals surface area (Å²) in [7, 11) is 5.44. The summed E-state index contributed by atoms with van der Waals surface area (Å²) in [4.78, 5) is 29.9. The van der Waals surface area contributed by atoms with E-state index in [1.54, 1.807) is 25.3 Å². The van der Waals surface area contributed by atoms with Gasteiger partial charge in [0.2, 0.25) is 0 Å². The third kappa shape index (κ3) is 3.96. The molecule has 4 rings (SSSR count). The van der Waals surface area contributed by atoms with Crippen LogP contribution in [0.25, 0.3) is 5.76 Å². The van der Waals surface area contributed by atoms with Crippen molar-refractivity contribution >= 4 is 28.8 Å². The first-order valence-corrected chi connectivity index (χ1v) is 10.6. The number of methoxy groups -OCH3 is 1. The molecule has 1 unspecified atom stereocenters. The maximum absolute atomic E-state index is 13.2. The topological polar surface area (TPSA) is 70.1 Å². The fourth-order valence-corrected chi connectivity index (χ4v) is 4.14. The number of nitrogens with zero attached hydrogens (tertiary/aromatic N) is 2. The van der Waals surface area contributed by atoms with Crippen molar-refractivity contribution in [3.8, 4) is 5.75 Å². The number of hydrogen-bond donors (Lipinski definition) is 1. The van der Waals surface area contributed by atoms with Crippen LogP contribution in [-0.4, -0.2) is 38.0 Å². The second-order valence-electron chi connectivity index (χ2n) is 8.18. The van der Waals surface area contributed by atoms with Gasteiger partial charge in [0.25, 0.3) is 11.7 Å². The van der Waals surface area contributed by atoms with Gasteiger partial charge in [-0.05, 0) is 60.5 Å². The van der Waals surface area contributed by atoms with Gasteiger partial charge in [0.15, 0.2) is 0 Å². The molecule has 0 saturated carbocycles. The number of hydrogen-bond acceptors (Lipinski definition) is 5. The number of ether oxygens (including phenoxy) is 1. The van der Waals surface area contributed by atoms with Gasteiger partial charge >= 0.3 is 0 Å². The minimum Gasteiger partial charge on any atom is -0.507 e. The molecule has 0 aliphatic carbocycles. The van der Waals surface area contributed by atoms with Gasteiger partial charge in [0.1, 0.15) is 11.5 Å². The molecule has 1 saturated heterocycles. The highest BCUT2D eigenvalue weighted by molar-refractivity contribution is 6.51. The second-order valence-corrected chi connectivity index (χ2v) is 8.18. The van der Waals surface area contributed by atoms with Gasteiger partial charge < -0.3 is 14.7 Å². The number of aryl methyl sites for hydroxylation is 1. The molecule has 1 N–H and O–H groups in total. The Bertz CT molecular complexity index is 1230. The molecule has 3 aromatic carbocycles. The molecule has 0 bridgehead atoms. The van der Waals surface area contributed by atoms with Crippen LogP contribution in [0.1, 0.15) is 22.7 Å². The van der Waals surface area contributed by atoms with Crippen LogP contribution in [0.5, 0.6) is 5.75 Å². The molecule has 33 heavy (non-hydrogen) atoms. The van der Waals surface area contributed by atoms with Crippen molar-refractivity contribution in [2.45, 2.75) is 13.0 Å². The number of benzene rings is 3. The molecule has 6 heteroatoms. The van der Waals surface area contributed by atoms with Crippen molar-refractivity contribution in [2.75, 3.05) is 31.0 Å². The maximum atomic E-state index is 13.2. The van der Waals surface area contributed by atoms with Crippen molar-refractivity contribution in [1.82, 2.24) is 0 Å². The lowest BCUT2D eigenvalue weighted by Crippen LogP contribution is -2.29. The number of carbonyl (C=O) groups is 2. The summed E-state index contributed by atoms with van der Waals surface area (Å²) < 4.78 is 5.30. The van der Waals surface area contributed by atoms with Crippen LogP contribution in [-0.2, 0) is 9.59 Å². The Kier molecular flexibility index (Phi) is 5.92. The van der Waals surface area contributed by atoms with Gasteiger partial charge in [0, 0.05) is 31.0 Å². The molecule has 1 aliphatic heterocycles. The first-order chi connectivity index (χ1) is 15.8. The van der Waals surface area contributed by atoms with E-state index in [1.165, 1.54) is 4.90 Å². The molecule has 168 valence electrons. The van der Waals surface area contributed by atoms with E-state index in [-0.39, 0.29) is 11.3 Å². The van der Waals surface area contributed by atoms with Crippen LogP contribution in [0, 0.1) is 6.92 Å². The Morgan fingerprint density at radius 2 is 1.64 bits per heavy atom. The number of aliphatic hydroxyl groups is 1. The number of anilines is 2. The third-order valence-electron chi connectivity index (χ3n) is 5.87. The van der Waals surface area contributed by atoms with Crippen LogP contribution in [0.2, 0.25) is 0 Å². The van der Waals surface area contributed by atoms with Gasteiger partial charge in [-0.3, -0.25) is 14.5 Å². The largest absolute Gasteiger partial charge is 0.507 e. The predicted molar refractivity (Wildman–Crippen MR) is 130 cm³/mol. The molecule has 1 amide bonds. The lowest BCUT2D eigenvalue weighted by atomic mass is 9.94. The van der Waals surface area contributed by atoms with Crippen LogP contribution < -0.4 is 14.5 Å². The van der Waals surface area contributed by atoms with E-state index in [0.717, 1.165) is 16.8 Å². The molecule has 0 radical (unpaired) electrons. The number of Topliss-reactive ketones (excluding diaryl/α,β-unsaturated/α-hetero) is 1. The molecular weight excluding hydrogens is 416 g/mol. The average Bonchev–Trinajstić information content (AvgIpc) is 3.09. The molecule has 1 aliphatic rings. The Hall–Kier alpha value is -4.06. The Balaban J connectivity index is 1.89.